The number of para-hydroxylation sites is 2. The van der Waals surface area contributed by atoms with Crippen LogP contribution in [0, 0.1) is 10.8 Å². The predicted molar refractivity (Wildman–Crippen MR) is 133 cm³/mol. The van der Waals surface area contributed by atoms with E-state index in [9.17, 15) is 9.59 Å². The van der Waals surface area contributed by atoms with Gasteiger partial charge in [0.2, 0.25) is 0 Å². The van der Waals surface area contributed by atoms with Crippen molar-refractivity contribution in [3.63, 3.8) is 0 Å². The Balaban J connectivity index is 1.53. The minimum Gasteiger partial charge on any atom is -0.271 e. The normalized spacial score (nSPS) is 27.6. The molecule has 0 saturated heterocycles. The van der Waals surface area contributed by atoms with Crippen LogP contribution in [0.4, 0.5) is 11.4 Å². The molecule has 34 heavy (non-hydrogen) atoms. The van der Waals surface area contributed by atoms with Crippen LogP contribution in [0.1, 0.15) is 25.3 Å². The number of benzene rings is 3. The molecular formula is C27H21ClN4O2. The van der Waals surface area contributed by atoms with Gasteiger partial charge in [0, 0.05) is 10.9 Å². The fourth-order valence-corrected chi connectivity index (χ4v) is 6.01. The van der Waals surface area contributed by atoms with E-state index in [4.69, 9.17) is 11.6 Å². The summed E-state index contributed by atoms with van der Waals surface area (Å²) in [6.45, 7) is 3.68. The van der Waals surface area contributed by atoms with E-state index in [2.05, 4.69) is 10.2 Å². The molecule has 6 nitrogen and oxygen atoms in total. The van der Waals surface area contributed by atoms with E-state index in [1.54, 1.807) is 12.1 Å². The fraction of sp³-hybridized carbons (Fsp3) is 0.185. The molecule has 1 aliphatic carbocycles. The summed E-state index contributed by atoms with van der Waals surface area (Å²) in [5.74, 6) is -0.866. The van der Waals surface area contributed by atoms with E-state index in [0.29, 0.717) is 27.8 Å². The molecule has 1 fully saturated rings. The number of anilines is 2. The number of halogens is 1. The van der Waals surface area contributed by atoms with Crippen molar-refractivity contribution in [2.24, 2.45) is 21.0 Å². The molecule has 3 aliphatic rings. The zero-order valence-electron chi connectivity index (χ0n) is 18.6. The molecule has 0 unspecified atom stereocenters. The number of carbonyl (C=O) groups is 2. The lowest BCUT2D eigenvalue weighted by Gasteiger charge is -2.18. The highest BCUT2D eigenvalue weighted by Gasteiger charge is 2.91. The van der Waals surface area contributed by atoms with Crippen molar-refractivity contribution >= 4 is 46.2 Å². The number of amides is 2. The summed E-state index contributed by atoms with van der Waals surface area (Å²) in [6.07, 6.45) is 0. The van der Waals surface area contributed by atoms with E-state index in [0.717, 1.165) is 5.56 Å². The van der Waals surface area contributed by atoms with Crippen LogP contribution in [-0.4, -0.2) is 23.2 Å². The molecule has 0 aromatic heterocycles. The molecule has 2 amide bonds. The van der Waals surface area contributed by atoms with Gasteiger partial charge in [0.05, 0.1) is 22.8 Å². The van der Waals surface area contributed by atoms with E-state index < -0.39 is 16.7 Å². The first-order valence-corrected chi connectivity index (χ1v) is 11.5. The smallest absolute Gasteiger partial charge is 0.261 e. The lowest BCUT2D eigenvalue weighted by Crippen LogP contribution is -2.40. The van der Waals surface area contributed by atoms with Crippen LogP contribution in [0.15, 0.2) is 95.1 Å². The third-order valence-electron chi connectivity index (χ3n) is 7.31. The predicted octanol–water partition coefficient (Wildman–Crippen LogP) is 5.26. The van der Waals surface area contributed by atoms with Crippen LogP contribution >= 0.6 is 11.6 Å². The summed E-state index contributed by atoms with van der Waals surface area (Å²) in [7, 11) is 0. The van der Waals surface area contributed by atoms with Crippen LogP contribution in [0.2, 0.25) is 5.02 Å². The summed E-state index contributed by atoms with van der Waals surface area (Å²) in [5.41, 5.74) is 1.12. The van der Waals surface area contributed by atoms with Gasteiger partial charge in [-0.1, -0.05) is 60.1 Å². The molecule has 0 N–H and O–H groups in total. The minimum absolute atomic E-state index is 0.214. The minimum atomic E-state index is -1.15. The number of hydrazone groups is 2. The highest BCUT2D eigenvalue weighted by Crippen LogP contribution is 2.79. The van der Waals surface area contributed by atoms with E-state index in [1.165, 1.54) is 10.0 Å². The Labute approximate surface area is 202 Å². The van der Waals surface area contributed by atoms with Gasteiger partial charge in [0.25, 0.3) is 11.8 Å². The second kappa shape index (κ2) is 7.11. The SMILES string of the molecule is CC1=NN(c2ccccc2)C(=O)[C@]12C(c1ccc(Cl)cc1)[C@]21C(=O)N(c2ccccc2)N=C1C. The van der Waals surface area contributed by atoms with Gasteiger partial charge in [0.15, 0.2) is 0 Å². The molecule has 2 atom stereocenters. The number of hydrogen-bond donors (Lipinski definition) is 0. The molecule has 3 aromatic carbocycles. The number of carbonyl (C=O) groups excluding carboxylic acids is 2. The summed E-state index contributed by atoms with van der Waals surface area (Å²) in [6, 6.07) is 26.0. The van der Waals surface area contributed by atoms with Gasteiger partial charge < -0.3 is 0 Å². The first-order valence-electron chi connectivity index (χ1n) is 11.1. The Morgan fingerprint density at radius 1 is 0.676 bits per heavy atom. The van der Waals surface area contributed by atoms with Crippen LogP contribution in [-0.2, 0) is 9.59 Å². The Hall–Kier alpha value is -3.77. The highest BCUT2D eigenvalue weighted by atomic mass is 35.5. The lowest BCUT2D eigenvalue weighted by molar-refractivity contribution is -0.126. The van der Waals surface area contributed by atoms with Gasteiger partial charge in [0.1, 0.15) is 10.8 Å². The molecule has 0 bridgehead atoms. The van der Waals surface area contributed by atoms with Crippen molar-refractivity contribution in [1.82, 2.24) is 0 Å². The second-order valence-electron chi connectivity index (χ2n) is 8.88. The molecule has 2 aliphatic heterocycles. The zero-order valence-corrected chi connectivity index (χ0v) is 19.4. The molecule has 2 spiro atoms. The molecule has 3 aromatic rings. The number of rotatable bonds is 3. The molecule has 1 saturated carbocycles. The molecule has 168 valence electrons. The summed E-state index contributed by atoms with van der Waals surface area (Å²) < 4.78 is 0. The molecule has 0 radical (unpaired) electrons. The van der Waals surface area contributed by atoms with Gasteiger partial charge in [-0.2, -0.15) is 20.2 Å². The highest BCUT2D eigenvalue weighted by molar-refractivity contribution is 6.37. The molecule has 2 heterocycles. The topological polar surface area (TPSA) is 65.3 Å². The molecular weight excluding hydrogens is 448 g/mol. The van der Waals surface area contributed by atoms with Crippen LogP contribution in [0.25, 0.3) is 0 Å². The first kappa shape index (κ1) is 20.8. The summed E-state index contributed by atoms with van der Waals surface area (Å²) in [4.78, 5) is 28.4. The Morgan fingerprint density at radius 3 is 1.50 bits per heavy atom. The number of fused-ring (bicyclic) bond motifs is 1. The van der Waals surface area contributed by atoms with Crippen molar-refractivity contribution in [1.29, 1.82) is 0 Å². The largest absolute Gasteiger partial charge is 0.271 e. The maximum atomic E-state index is 14.2. The summed E-state index contributed by atoms with van der Waals surface area (Å²) >= 11 is 6.16. The monoisotopic (exact) mass is 468 g/mol. The van der Waals surface area contributed by atoms with Crippen LogP contribution in [0.5, 0.6) is 0 Å². The van der Waals surface area contributed by atoms with Crippen molar-refractivity contribution in [3.8, 4) is 0 Å². The van der Waals surface area contributed by atoms with Crippen molar-refractivity contribution in [2.75, 3.05) is 10.0 Å². The van der Waals surface area contributed by atoms with E-state index in [-0.39, 0.29) is 11.8 Å². The first-order chi connectivity index (χ1) is 16.4. The maximum absolute atomic E-state index is 14.2. The number of hydrogen-bond acceptors (Lipinski definition) is 4. The van der Waals surface area contributed by atoms with Crippen LogP contribution < -0.4 is 10.0 Å². The van der Waals surface area contributed by atoms with Gasteiger partial charge in [-0.15, -0.1) is 0 Å². The average Bonchev–Trinajstić information content (AvgIpc) is 3.34. The third kappa shape index (κ3) is 2.41. The van der Waals surface area contributed by atoms with Gasteiger partial charge in [-0.3, -0.25) is 9.59 Å². The summed E-state index contributed by atoms with van der Waals surface area (Å²) in [5, 5.41) is 12.8. The van der Waals surface area contributed by atoms with E-state index >= 15 is 0 Å². The number of nitrogens with zero attached hydrogens (tertiary/aromatic N) is 4. The Morgan fingerprint density at radius 2 is 1.09 bits per heavy atom. The van der Waals surface area contributed by atoms with E-state index in [1.807, 2.05) is 86.6 Å². The van der Waals surface area contributed by atoms with Gasteiger partial charge >= 0.3 is 0 Å². The van der Waals surface area contributed by atoms with Gasteiger partial charge in [-0.25, -0.2) is 0 Å². The third-order valence-corrected chi connectivity index (χ3v) is 7.56. The maximum Gasteiger partial charge on any atom is 0.261 e. The Kier molecular flexibility index (Phi) is 4.35. The van der Waals surface area contributed by atoms with Crippen LogP contribution in [0.3, 0.4) is 0 Å². The second-order valence-corrected chi connectivity index (χ2v) is 9.31. The lowest BCUT2D eigenvalue weighted by atomic mass is 9.85. The molecule has 7 heteroatoms. The Bertz CT molecular complexity index is 1300. The average molecular weight is 469 g/mol. The molecule has 6 rings (SSSR count). The zero-order chi connectivity index (χ0) is 23.7. The van der Waals surface area contributed by atoms with Crippen molar-refractivity contribution < 1.29 is 9.59 Å². The van der Waals surface area contributed by atoms with Gasteiger partial charge in [-0.05, 0) is 55.8 Å². The van der Waals surface area contributed by atoms with Crippen molar-refractivity contribution in [2.45, 2.75) is 19.8 Å². The standard InChI is InChI=1S/C27H21ClN4O2/c1-17-26(24(33)31(29-17)21-9-5-3-6-10-21)23(19-13-15-20(28)16-14-19)27(26)18(2)30-32(25(27)34)22-11-7-4-8-12-22/h3-16,23H,1-2H3/t26-,27-/m1/s1. The van der Waals surface area contributed by atoms with Crippen molar-refractivity contribution in [3.05, 3.63) is 95.5 Å². The quantitative estimate of drug-likeness (QED) is 0.526. The fourth-order valence-electron chi connectivity index (χ4n) is 5.88.